The molecule has 0 aliphatic rings. The first kappa shape index (κ1) is 13.8. The average molecular weight is 251 g/mol. The van der Waals surface area contributed by atoms with E-state index >= 15 is 0 Å². The molecule has 0 aliphatic heterocycles. The van der Waals surface area contributed by atoms with Gasteiger partial charge in [0.15, 0.2) is 0 Å². The predicted molar refractivity (Wildman–Crippen MR) is 71.1 cm³/mol. The lowest BCUT2D eigenvalue weighted by molar-refractivity contribution is 0.107. The van der Waals surface area contributed by atoms with Crippen molar-refractivity contribution in [1.29, 1.82) is 5.26 Å². The van der Waals surface area contributed by atoms with E-state index in [1.165, 1.54) is 0 Å². The van der Waals surface area contributed by atoms with E-state index < -0.39 is 5.60 Å². The van der Waals surface area contributed by atoms with Crippen molar-refractivity contribution in [2.75, 3.05) is 23.4 Å². The zero-order valence-electron chi connectivity index (χ0n) is 10.1. The molecule has 0 fully saturated rings. The lowest BCUT2D eigenvalue weighted by Crippen LogP contribution is -2.22. The van der Waals surface area contributed by atoms with Gasteiger partial charge in [0.2, 0.25) is 0 Å². The number of aliphatic hydroxyl groups is 1. The molecule has 0 spiro atoms. The summed E-state index contributed by atoms with van der Waals surface area (Å²) in [6.45, 7) is 4.36. The van der Waals surface area contributed by atoms with Crippen LogP contribution in [0.5, 0.6) is 0 Å². The van der Waals surface area contributed by atoms with Crippen LogP contribution in [0.25, 0.3) is 0 Å². The number of rotatable bonds is 6. The van der Waals surface area contributed by atoms with Crippen LogP contribution in [0, 0.1) is 11.3 Å². The second kappa shape index (κ2) is 6.48. The van der Waals surface area contributed by atoms with Crippen LogP contribution in [0.2, 0.25) is 0 Å². The number of hydrogen-bond donors (Lipinski definition) is 2. The molecule has 5 heteroatoms. The number of hydrogen-bond acceptors (Lipinski definition) is 5. The van der Waals surface area contributed by atoms with Crippen LogP contribution < -0.4 is 5.32 Å². The topological polar surface area (TPSA) is 68.9 Å². The third-order valence-electron chi connectivity index (χ3n) is 1.87. The predicted octanol–water partition coefficient (Wildman–Crippen LogP) is 1.87. The Morgan fingerprint density at radius 3 is 2.94 bits per heavy atom. The first-order valence-corrected chi connectivity index (χ1v) is 6.58. The lowest BCUT2D eigenvalue weighted by atomic mass is 10.2. The summed E-state index contributed by atoms with van der Waals surface area (Å²) in [7, 11) is 0. The van der Waals surface area contributed by atoms with E-state index in [0.29, 0.717) is 17.3 Å². The number of nitrogens with zero attached hydrogens (tertiary/aromatic N) is 2. The highest BCUT2D eigenvalue weighted by Gasteiger charge is 2.11. The molecule has 0 amide bonds. The second-order valence-electron chi connectivity index (χ2n) is 4.31. The third-order valence-corrected chi connectivity index (χ3v) is 3.27. The van der Waals surface area contributed by atoms with Gasteiger partial charge >= 0.3 is 0 Å². The van der Waals surface area contributed by atoms with Crippen molar-refractivity contribution < 1.29 is 5.11 Å². The molecule has 4 nitrogen and oxygen atoms in total. The molecule has 1 aromatic heterocycles. The molecular formula is C12H17N3OS. The molecule has 0 aromatic carbocycles. The van der Waals surface area contributed by atoms with Crippen LogP contribution in [0.4, 0.5) is 5.82 Å². The minimum absolute atomic E-state index is 0.416. The third kappa shape index (κ3) is 6.15. The summed E-state index contributed by atoms with van der Waals surface area (Å²) in [4.78, 5) is 4.11. The largest absolute Gasteiger partial charge is 0.390 e. The summed E-state index contributed by atoms with van der Waals surface area (Å²) in [5.41, 5.74) is -0.206. The van der Waals surface area contributed by atoms with Gasteiger partial charge < -0.3 is 10.4 Å². The van der Waals surface area contributed by atoms with Gasteiger partial charge in [-0.2, -0.15) is 17.0 Å². The highest BCUT2D eigenvalue weighted by atomic mass is 32.2. The summed E-state index contributed by atoms with van der Waals surface area (Å²) in [5, 5.41) is 21.3. The zero-order chi connectivity index (χ0) is 12.7. The Balaban J connectivity index is 2.25. The molecular weight excluding hydrogens is 234 g/mol. The summed E-state index contributed by atoms with van der Waals surface area (Å²) in [6.07, 6.45) is 0. The van der Waals surface area contributed by atoms with Gasteiger partial charge in [-0.3, -0.25) is 0 Å². The van der Waals surface area contributed by atoms with Gasteiger partial charge in [0, 0.05) is 18.1 Å². The monoisotopic (exact) mass is 251 g/mol. The molecule has 1 heterocycles. The molecule has 1 aromatic rings. The van der Waals surface area contributed by atoms with Crippen LogP contribution >= 0.6 is 11.8 Å². The fourth-order valence-corrected chi connectivity index (χ4v) is 2.06. The first-order valence-electron chi connectivity index (χ1n) is 5.42. The van der Waals surface area contributed by atoms with E-state index in [9.17, 15) is 5.11 Å². The molecule has 0 saturated carbocycles. The number of anilines is 1. The average Bonchev–Trinajstić information content (AvgIpc) is 2.27. The van der Waals surface area contributed by atoms with Gasteiger partial charge in [0.1, 0.15) is 17.6 Å². The van der Waals surface area contributed by atoms with E-state index in [1.807, 2.05) is 12.1 Å². The Bertz CT molecular complexity index is 395. The van der Waals surface area contributed by atoms with Crippen LogP contribution in [-0.2, 0) is 0 Å². The number of pyridine rings is 1. The smallest absolute Gasteiger partial charge is 0.142 e. The second-order valence-corrected chi connectivity index (χ2v) is 5.42. The standard InChI is InChI=1S/C12H17N3OS/c1-12(2,16)9-17-7-6-14-11-5-3-4-10(8-13)15-11/h3-5,16H,6-7,9H2,1-2H3,(H,14,15). The Morgan fingerprint density at radius 1 is 1.53 bits per heavy atom. The summed E-state index contributed by atoms with van der Waals surface area (Å²) < 4.78 is 0. The Kier molecular flexibility index (Phi) is 5.26. The van der Waals surface area contributed by atoms with Crippen LogP contribution in [0.15, 0.2) is 18.2 Å². The number of nitriles is 1. The van der Waals surface area contributed by atoms with Gasteiger partial charge in [0.05, 0.1) is 5.60 Å². The van der Waals surface area contributed by atoms with Crippen LogP contribution in [0.1, 0.15) is 19.5 Å². The van der Waals surface area contributed by atoms with Gasteiger partial charge in [-0.15, -0.1) is 0 Å². The minimum atomic E-state index is -0.621. The molecule has 0 bridgehead atoms. The molecule has 1 rings (SSSR count). The van der Waals surface area contributed by atoms with Crippen molar-refractivity contribution in [2.24, 2.45) is 0 Å². The van der Waals surface area contributed by atoms with Gasteiger partial charge in [-0.05, 0) is 26.0 Å². The van der Waals surface area contributed by atoms with Crippen molar-refractivity contribution in [2.45, 2.75) is 19.4 Å². The fraction of sp³-hybridized carbons (Fsp3) is 0.500. The fourth-order valence-electron chi connectivity index (χ4n) is 1.17. The first-order chi connectivity index (χ1) is 8.01. The summed E-state index contributed by atoms with van der Waals surface area (Å²) in [6, 6.07) is 7.31. The quantitative estimate of drug-likeness (QED) is 0.755. The Labute approximate surface area is 106 Å². The van der Waals surface area contributed by atoms with Crippen molar-refractivity contribution in [3.05, 3.63) is 23.9 Å². The highest BCUT2D eigenvalue weighted by molar-refractivity contribution is 7.99. The normalized spacial score (nSPS) is 10.9. The minimum Gasteiger partial charge on any atom is -0.390 e. The van der Waals surface area contributed by atoms with Crippen LogP contribution in [-0.4, -0.2) is 33.7 Å². The molecule has 2 N–H and O–H groups in total. The van der Waals surface area contributed by atoms with E-state index in [-0.39, 0.29) is 0 Å². The van der Waals surface area contributed by atoms with E-state index in [4.69, 9.17) is 5.26 Å². The van der Waals surface area contributed by atoms with E-state index in [2.05, 4.69) is 10.3 Å². The van der Waals surface area contributed by atoms with E-state index in [0.717, 1.165) is 12.3 Å². The Hall–Kier alpha value is -1.25. The SMILES string of the molecule is CC(C)(O)CSCCNc1cccc(C#N)n1. The number of aromatic nitrogens is 1. The number of nitrogens with one attached hydrogen (secondary N) is 1. The van der Waals surface area contributed by atoms with Crippen molar-refractivity contribution in [3.63, 3.8) is 0 Å². The van der Waals surface area contributed by atoms with Crippen LogP contribution in [0.3, 0.4) is 0 Å². The molecule has 92 valence electrons. The maximum atomic E-state index is 9.51. The molecule has 0 unspecified atom stereocenters. The molecule has 0 saturated heterocycles. The zero-order valence-corrected chi connectivity index (χ0v) is 10.9. The van der Waals surface area contributed by atoms with Crippen molar-refractivity contribution >= 4 is 17.6 Å². The summed E-state index contributed by atoms with van der Waals surface area (Å²) >= 11 is 1.68. The molecule has 17 heavy (non-hydrogen) atoms. The maximum absolute atomic E-state index is 9.51. The van der Waals surface area contributed by atoms with Gasteiger partial charge in [-0.1, -0.05) is 6.07 Å². The summed E-state index contributed by atoms with van der Waals surface area (Å²) in [5.74, 6) is 2.32. The van der Waals surface area contributed by atoms with Crippen molar-refractivity contribution in [1.82, 2.24) is 4.98 Å². The molecule has 0 radical (unpaired) electrons. The van der Waals surface area contributed by atoms with Crippen molar-refractivity contribution in [3.8, 4) is 6.07 Å². The van der Waals surface area contributed by atoms with Gasteiger partial charge in [-0.25, -0.2) is 4.98 Å². The number of thioether (sulfide) groups is 1. The van der Waals surface area contributed by atoms with Gasteiger partial charge in [0.25, 0.3) is 0 Å². The molecule has 0 aliphatic carbocycles. The lowest BCUT2D eigenvalue weighted by Gasteiger charge is -2.16. The highest BCUT2D eigenvalue weighted by Crippen LogP contribution is 2.12. The molecule has 0 atom stereocenters. The van der Waals surface area contributed by atoms with E-state index in [1.54, 1.807) is 37.7 Å². The Morgan fingerprint density at radius 2 is 2.29 bits per heavy atom. The maximum Gasteiger partial charge on any atom is 0.142 e.